The van der Waals surface area contributed by atoms with Gasteiger partial charge in [-0.2, -0.15) is 5.10 Å². The molecule has 4 aromatic rings. The summed E-state index contributed by atoms with van der Waals surface area (Å²) in [5.41, 5.74) is 6.72. The smallest absolute Gasteiger partial charge is 0.274 e. The number of hydrogen-bond donors (Lipinski definition) is 1. The first-order valence-corrected chi connectivity index (χ1v) is 17.3. The molecular formula is C27H36N8O2Si. The van der Waals surface area contributed by atoms with Crippen molar-refractivity contribution in [2.24, 2.45) is 0 Å². The van der Waals surface area contributed by atoms with Crippen LogP contribution in [-0.4, -0.2) is 54.7 Å². The third-order valence-electron chi connectivity index (χ3n) is 7.56. The topological polar surface area (TPSA) is 104 Å². The van der Waals surface area contributed by atoms with Gasteiger partial charge in [0.05, 0.1) is 30.2 Å². The number of carbonyl (C=O) groups is 1. The fourth-order valence-corrected chi connectivity index (χ4v) is 5.85. The number of ether oxygens (including phenoxy) is 1. The van der Waals surface area contributed by atoms with E-state index in [4.69, 9.17) is 14.8 Å². The molecule has 11 heteroatoms. The molecule has 6 rings (SSSR count). The Balaban J connectivity index is 1.07. The summed E-state index contributed by atoms with van der Waals surface area (Å²) in [7, 11) is -1.12. The SMILES string of the molecule is Cc1c2c(nn1COCC[Si](C)(C)C)[C@H](NC(=O)c1cn(Cc3cn4cc(C5CC5)ccc4n3)nn1)CC2. The number of pyridine rings is 1. The molecule has 0 bridgehead atoms. The predicted octanol–water partition coefficient (Wildman–Crippen LogP) is 4.09. The van der Waals surface area contributed by atoms with E-state index >= 15 is 0 Å². The minimum atomic E-state index is -1.12. The molecule has 0 unspecified atom stereocenters. The Morgan fingerprint density at radius 2 is 2.00 bits per heavy atom. The Morgan fingerprint density at radius 1 is 1.16 bits per heavy atom. The van der Waals surface area contributed by atoms with E-state index in [1.807, 2.05) is 10.9 Å². The molecule has 1 amide bonds. The summed E-state index contributed by atoms with van der Waals surface area (Å²) in [5, 5.41) is 16.2. The molecular weight excluding hydrogens is 496 g/mol. The zero-order chi connectivity index (χ0) is 26.4. The number of rotatable bonds is 10. The van der Waals surface area contributed by atoms with E-state index in [9.17, 15) is 4.79 Å². The maximum Gasteiger partial charge on any atom is 0.274 e. The van der Waals surface area contributed by atoms with Crippen LogP contribution in [0, 0.1) is 6.92 Å². The van der Waals surface area contributed by atoms with Gasteiger partial charge in [-0.25, -0.2) is 14.3 Å². The zero-order valence-corrected chi connectivity index (χ0v) is 23.6. The highest BCUT2D eigenvalue weighted by Gasteiger charge is 2.31. The van der Waals surface area contributed by atoms with Gasteiger partial charge in [0.1, 0.15) is 12.4 Å². The van der Waals surface area contributed by atoms with Crippen molar-refractivity contribution in [1.82, 2.24) is 39.5 Å². The average molecular weight is 533 g/mol. The van der Waals surface area contributed by atoms with Crippen LogP contribution in [0.2, 0.25) is 25.7 Å². The van der Waals surface area contributed by atoms with Crippen molar-refractivity contribution in [2.45, 2.75) is 83.5 Å². The number of nitrogens with one attached hydrogen (secondary N) is 1. The highest BCUT2D eigenvalue weighted by molar-refractivity contribution is 6.76. The summed E-state index contributed by atoms with van der Waals surface area (Å²) in [6, 6.07) is 5.23. The van der Waals surface area contributed by atoms with Gasteiger partial charge in [-0.05, 0) is 61.8 Å². The van der Waals surface area contributed by atoms with Crippen molar-refractivity contribution in [3.05, 3.63) is 64.6 Å². The lowest BCUT2D eigenvalue weighted by atomic mass is 10.2. The third kappa shape index (κ3) is 5.30. The van der Waals surface area contributed by atoms with Crippen molar-refractivity contribution < 1.29 is 9.53 Å². The zero-order valence-electron chi connectivity index (χ0n) is 22.6. The Bertz CT molecular complexity index is 1480. The van der Waals surface area contributed by atoms with Gasteiger partial charge in [-0.15, -0.1) is 5.10 Å². The third-order valence-corrected chi connectivity index (χ3v) is 9.26. The van der Waals surface area contributed by atoms with Gasteiger partial charge in [0.15, 0.2) is 5.69 Å². The highest BCUT2D eigenvalue weighted by atomic mass is 28.3. The van der Waals surface area contributed by atoms with Crippen LogP contribution in [0.15, 0.2) is 30.7 Å². The van der Waals surface area contributed by atoms with Crippen LogP contribution >= 0.6 is 0 Å². The first-order chi connectivity index (χ1) is 18.2. The number of aromatic nitrogens is 7. The standard InChI is InChI=1S/C27H36N8O2Si/c1-18-22-8-9-23(26(22)31-35(18)17-37-11-12-38(2,3)4)29-27(36)24-16-34(32-30-24)15-21-14-33-13-20(19-5-6-19)7-10-25(33)28-21/h7,10,13-14,16,19,23H,5-6,8-9,11-12,15,17H2,1-4H3,(H,29,36)/t23-/m1/s1. The van der Waals surface area contributed by atoms with Crippen LogP contribution < -0.4 is 5.32 Å². The summed E-state index contributed by atoms with van der Waals surface area (Å²) in [6.45, 7) is 10.8. The van der Waals surface area contributed by atoms with Crippen LogP contribution in [-0.2, 0) is 24.4 Å². The van der Waals surface area contributed by atoms with E-state index in [0.29, 0.717) is 24.9 Å². The van der Waals surface area contributed by atoms with E-state index in [1.54, 1.807) is 10.9 Å². The number of amides is 1. The maximum atomic E-state index is 13.0. The van der Waals surface area contributed by atoms with Crippen LogP contribution in [0.1, 0.15) is 69.9 Å². The van der Waals surface area contributed by atoms with E-state index in [-0.39, 0.29) is 11.9 Å². The molecule has 4 heterocycles. The molecule has 0 saturated heterocycles. The molecule has 10 nitrogen and oxygen atoms in total. The second kappa shape index (κ2) is 9.77. The van der Waals surface area contributed by atoms with Gasteiger partial charge in [0.25, 0.3) is 5.91 Å². The van der Waals surface area contributed by atoms with Crippen LogP contribution in [0.3, 0.4) is 0 Å². The van der Waals surface area contributed by atoms with E-state index < -0.39 is 8.07 Å². The number of fused-ring (bicyclic) bond motifs is 2. The molecule has 1 saturated carbocycles. The Labute approximate surface area is 223 Å². The van der Waals surface area contributed by atoms with Crippen LogP contribution in [0.4, 0.5) is 0 Å². The second-order valence-electron chi connectivity index (χ2n) is 11.9. The minimum absolute atomic E-state index is 0.135. The first kappa shape index (κ1) is 25.0. The van der Waals surface area contributed by atoms with Gasteiger partial charge in [-0.3, -0.25) is 4.79 Å². The van der Waals surface area contributed by atoms with Gasteiger partial charge in [0, 0.05) is 32.8 Å². The fraction of sp³-hybridized carbons (Fsp3) is 0.519. The van der Waals surface area contributed by atoms with Gasteiger partial charge < -0.3 is 14.5 Å². The molecule has 1 N–H and O–H groups in total. The molecule has 2 aliphatic carbocycles. The summed E-state index contributed by atoms with van der Waals surface area (Å²) in [4.78, 5) is 17.7. The number of hydrogen-bond acceptors (Lipinski definition) is 6. The lowest BCUT2D eigenvalue weighted by Gasteiger charge is -2.16. The molecule has 4 aromatic heterocycles. The Kier molecular flexibility index (Phi) is 6.43. The van der Waals surface area contributed by atoms with Crippen molar-refractivity contribution in [3.8, 4) is 0 Å². The Morgan fingerprint density at radius 3 is 2.79 bits per heavy atom. The minimum Gasteiger partial charge on any atom is -0.360 e. The van der Waals surface area contributed by atoms with Crippen molar-refractivity contribution >= 4 is 19.6 Å². The summed E-state index contributed by atoms with van der Waals surface area (Å²) in [5.74, 6) is 0.458. The van der Waals surface area contributed by atoms with E-state index in [1.165, 1.54) is 24.0 Å². The number of carbonyl (C=O) groups excluding carboxylic acids is 1. The van der Waals surface area contributed by atoms with E-state index in [0.717, 1.165) is 48.2 Å². The average Bonchev–Trinajstić information content (AvgIpc) is 3.17. The first-order valence-electron chi connectivity index (χ1n) is 13.6. The maximum absolute atomic E-state index is 13.0. The second-order valence-corrected chi connectivity index (χ2v) is 17.5. The largest absolute Gasteiger partial charge is 0.360 e. The highest BCUT2D eigenvalue weighted by Crippen LogP contribution is 2.40. The van der Waals surface area contributed by atoms with Gasteiger partial charge in [-0.1, -0.05) is 30.9 Å². The molecule has 0 aliphatic heterocycles. The number of nitrogens with zero attached hydrogens (tertiary/aromatic N) is 7. The molecule has 200 valence electrons. The molecule has 2 aliphatic rings. The van der Waals surface area contributed by atoms with Crippen molar-refractivity contribution in [1.29, 1.82) is 0 Å². The molecule has 1 fully saturated rings. The normalized spacial score (nSPS) is 17.3. The lowest BCUT2D eigenvalue weighted by molar-refractivity contribution is 0.0764. The van der Waals surface area contributed by atoms with Gasteiger partial charge >= 0.3 is 0 Å². The van der Waals surface area contributed by atoms with Crippen LogP contribution in [0.5, 0.6) is 0 Å². The lowest BCUT2D eigenvalue weighted by Crippen LogP contribution is -2.28. The van der Waals surface area contributed by atoms with E-state index in [2.05, 4.69) is 64.9 Å². The molecule has 1 atom stereocenters. The van der Waals surface area contributed by atoms with Crippen molar-refractivity contribution in [2.75, 3.05) is 6.61 Å². The molecule has 38 heavy (non-hydrogen) atoms. The van der Waals surface area contributed by atoms with Crippen LogP contribution in [0.25, 0.3) is 5.65 Å². The summed E-state index contributed by atoms with van der Waals surface area (Å²) < 4.78 is 11.6. The molecule has 0 spiro atoms. The Hall–Kier alpha value is -3.31. The van der Waals surface area contributed by atoms with Gasteiger partial charge in [0.2, 0.25) is 0 Å². The quantitative estimate of drug-likeness (QED) is 0.244. The summed E-state index contributed by atoms with van der Waals surface area (Å²) in [6.07, 6.45) is 10.1. The fourth-order valence-electron chi connectivity index (χ4n) is 5.09. The molecule has 0 radical (unpaired) electrons. The predicted molar refractivity (Wildman–Crippen MR) is 146 cm³/mol. The monoisotopic (exact) mass is 532 g/mol. The summed E-state index contributed by atoms with van der Waals surface area (Å²) >= 11 is 0. The number of imidazole rings is 1. The molecule has 0 aromatic carbocycles. The van der Waals surface area contributed by atoms with Crippen molar-refractivity contribution in [3.63, 3.8) is 0 Å².